The summed E-state index contributed by atoms with van der Waals surface area (Å²) in [6.07, 6.45) is 7.43. The fourth-order valence-electron chi connectivity index (χ4n) is 6.60. The molecule has 6 amide bonds. The van der Waals surface area contributed by atoms with Gasteiger partial charge in [-0.05, 0) is 0 Å². The molecule has 7 rings (SSSR count). The van der Waals surface area contributed by atoms with Gasteiger partial charge in [0.15, 0.2) is 0 Å². The normalized spacial score (nSPS) is 10.7. The summed E-state index contributed by atoms with van der Waals surface area (Å²) in [7, 11) is 11.3. The minimum absolute atomic E-state index is 0.302. The van der Waals surface area contributed by atoms with E-state index >= 15 is 0 Å². The minimum atomic E-state index is -3.20. The third kappa shape index (κ3) is 20.4. The Balaban J connectivity index is 1.42. The average molecular weight is 1770 g/mol. The fourth-order valence-corrected chi connectivity index (χ4v) is 73.5. The summed E-state index contributed by atoms with van der Waals surface area (Å²) in [6.45, 7) is 21.6. The maximum absolute atomic E-state index is 12.3. The second-order valence-electron chi connectivity index (χ2n) is 16.3. The number of anilines is 6. The van der Waals surface area contributed by atoms with Crippen LogP contribution in [0.2, 0.25) is 0 Å². The first kappa shape index (κ1) is 63.1. The fraction of sp³-hybridized carbons (Fsp3) is 0. The molecule has 6 N–H and O–H groups in total. The zero-order valence-corrected chi connectivity index (χ0v) is 58.4. The molecule has 0 aliphatic carbocycles. The van der Waals surface area contributed by atoms with Gasteiger partial charge in [-0.15, -0.1) is 0 Å². The van der Waals surface area contributed by atoms with E-state index in [4.69, 9.17) is 0 Å². The van der Waals surface area contributed by atoms with Crippen LogP contribution >= 0.6 is 51.1 Å². The number of nitrogens with one attached hydrogen (secondary N) is 6. The molecule has 0 bridgehead atoms. The SMILES string of the molecule is C=CC(=O)Nc1ccc([S][Bi]([S]c2ccc(NC(=O)C=C)cc2)[c]2c[c]([Bi]([S]c3ccc(NC(=O)C=C)cc3)[S]c3ccc(NC(=O)C=C)cc3)c[c]([Bi]([S]c3ccc(NC(=O)C=C)cc3)[S]c3ccc(NC(=O)C=C)cc3)c2)cc1. The van der Waals surface area contributed by atoms with Crippen molar-refractivity contribution in [3.8, 4) is 0 Å². The molecule has 0 unspecified atom stereocenters. The molecule has 81 heavy (non-hydrogen) atoms. The number of hydrogen-bond donors (Lipinski definition) is 6. The molecule has 0 radical (unpaired) electrons. The molecule has 0 atom stereocenters. The van der Waals surface area contributed by atoms with Crippen LogP contribution in [0, 0.1) is 0 Å². The molecule has 0 aliphatic heterocycles. The predicted octanol–water partition coefficient (Wildman–Crippen LogP) is 12.3. The van der Waals surface area contributed by atoms with Crippen molar-refractivity contribution in [2.45, 2.75) is 29.4 Å². The van der Waals surface area contributed by atoms with Gasteiger partial charge in [-0.3, -0.25) is 0 Å². The van der Waals surface area contributed by atoms with Crippen LogP contribution in [0.15, 0.2) is 269 Å². The van der Waals surface area contributed by atoms with E-state index in [1.807, 2.05) is 197 Å². The molecule has 0 aliphatic rings. The van der Waals surface area contributed by atoms with Crippen molar-refractivity contribution in [2.24, 2.45) is 0 Å². The van der Waals surface area contributed by atoms with Crippen LogP contribution in [0.4, 0.5) is 34.1 Å². The van der Waals surface area contributed by atoms with Gasteiger partial charge in [-0.25, -0.2) is 0 Å². The van der Waals surface area contributed by atoms with Crippen molar-refractivity contribution in [1.29, 1.82) is 0 Å². The quantitative estimate of drug-likeness (QED) is 0.0213. The van der Waals surface area contributed by atoms with E-state index in [1.54, 1.807) is 0 Å². The Morgan fingerprint density at radius 1 is 0.259 bits per heavy atom. The zero-order chi connectivity index (χ0) is 57.7. The van der Waals surface area contributed by atoms with Gasteiger partial charge >= 0.3 is 517 Å². The van der Waals surface area contributed by atoms with Crippen LogP contribution in [0.25, 0.3) is 0 Å². The summed E-state index contributed by atoms with van der Waals surface area (Å²) in [5.41, 5.74) is 3.92. The first-order valence-corrected chi connectivity index (χ1v) is 59.5. The number of benzene rings is 7. The number of hydrogen-bond acceptors (Lipinski definition) is 12. The third-order valence-electron chi connectivity index (χ3n) is 10.5. The number of carbonyl (C=O) groups is 6. The van der Waals surface area contributed by atoms with Crippen molar-refractivity contribution >= 4 is 187 Å². The van der Waals surface area contributed by atoms with Crippen LogP contribution in [-0.4, -0.2) is 91.9 Å². The Labute approximate surface area is 510 Å². The summed E-state index contributed by atoms with van der Waals surface area (Å²) in [6, 6.07) is 54.6. The Bertz CT molecular complexity index is 2890. The van der Waals surface area contributed by atoms with Crippen molar-refractivity contribution in [3.63, 3.8) is 0 Å². The van der Waals surface area contributed by atoms with Gasteiger partial charge in [0, 0.05) is 0 Å². The molecular weight excluding hydrogens is 1720 g/mol. The predicted molar refractivity (Wildman–Crippen MR) is 349 cm³/mol. The monoisotopic (exact) mass is 1770 g/mol. The van der Waals surface area contributed by atoms with Crippen LogP contribution in [0.3, 0.4) is 0 Å². The first-order chi connectivity index (χ1) is 39.2. The van der Waals surface area contributed by atoms with Gasteiger partial charge in [0.2, 0.25) is 0 Å². The second-order valence-corrected chi connectivity index (χ2v) is 70.4. The van der Waals surface area contributed by atoms with Gasteiger partial charge in [0.25, 0.3) is 0 Å². The molecule has 0 fully saturated rings. The Kier molecular flexibility index (Phi) is 25.3. The zero-order valence-electron chi connectivity index (χ0n) is 43.0. The Morgan fingerprint density at radius 2 is 0.395 bits per heavy atom. The number of carbonyl (C=O) groups excluding carboxylic acids is 6. The summed E-state index contributed by atoms with van der Waals surface area (Å²) in [5, 5.41) is 17.2. The van der Waals surface area contributed by atoms with Gasteiger partial charge in [-0.2, -0.15) is 0 Å². The number of amides is 6. The standard InChI is InChI=1S/6C9H9NOS.C6H3.3Bi/c6*1-2-9(11)10-7-3-5-8(12)6-4-7;1-2-4-6-5-3-1;;;/h6*2-6,12H,1H2,(H,10,11);1,4-5H;;;/q;;;;;;;3*+2/p-6. The topological polar surface area (TPSA) is 175 Å². The van der Waals surface area contributed by atoms with Crippen molar-refractivity contribution in [3.05, 3.63) is 240 Å². The molecule has 12 nitrogen and oxygen atoms in total. The molecule has 0 spiro atoms. The molecule has 0 saturated carbocycles. The number of rotatable bonds is 27. The van der Waals surface area contributed by atoms with E-state index in [-0.39, 0.29) is 35.4 Å². The molecule has 21 heteroatoms. The van der Waals surface area contributed by atoms with Crippen LogP contribution in [0.5, 0.6) is 0 Å². The second kappa shape index (κ2) is 32.4. The van der Waals surface area contributed by atoms with Crippen molar-refractivity contribution in [1.82, 2.24) is 0 Å². The van der Waals surface area contributed by atoms with Gasteiger partial charge in [-0.1, -0.05) is 0 Å². The van der Waals surface area contributed by atoms with Gasteiger partial charge in [0.1, 0.15) is 0 Å². The molecule has 408 valence electrons. The molecule has 7 aromatic rings. The Morgan fingerprint density at radius 3 is 0.519 bits per heavy atom. The van der Waals surface area contributed by atoms with Gasteiger partial charge < -0.3 is 0 Å². The molecule has 0 heterocycles. The third-order valence-corrected chi connectivity index (χ3v) is 71.5. The van der Waals surface area contributed by atoms with E-state index in [1.165, 1.54) is 46.3 Å². The van der Waals surface area contributed by atoms with E-state index < -0.39 is 56.5 Å². The summed E-state index contributed by atoms with van der Waals surface area (Å²) in [4.78, 5) is 80.1. The maximum atomic E-state index is 12.3. The molecule has 0 aromatic heterocycles. The van der Waals surface area contributed by atoms with Crippen molar-refractivity contribution in [2.75, 3.05) is 31.9 Å². The summed E-state index contributed by atoms with van der Waals surface area (Å²) in [5.74, 6) is -1.81. The van der Waals surface area contributed by atoms with E-state index in [2.05, 4.69) is 89.6 Å². The van der Waals surface area contributed by atoms with E-state index in [0.29, 0.717) is 34.1 Å². The summed E-state index contributed by atoms with van der Waals surface area (Å²) >= 11 is -9.60. The van der Waals surface area contributed by atoms with Crippen molar-refractivity contribution < 1.29 is 28.8 Å². The van der Waals surface area contributed by atoms with E-state index in [9.17, 15) is 28.8 Å². The molecular formula is C60H51Bi3N6O6S6. The Hall–Kier alpha value is -5.45. The average Bonchev–Trinajstić information content (AvgIpc) is 3.50. The van der Waals surface area contributed by atoms with Crippen LogP contribution in [0.1, 0.15) is 0 Å². The van der Waals surface area contributed by atoms with Crippen LogP contribution < -0.4 is 41.7 Å². The first-order valence-electron chi connectivity index (χ1n) is 24.1. The molecule has 0 saturated heterocycles. The summed E-state index contributed by atoms with van der Waals surface area (Å²) < 4.78 is 3.83. The van der Waals surface area contributed by atoms with Gasteiger partial charge in [0.05, 0.1) is 0 Å². The van der Waals surface area contributed by atoms with Crippen LogP contribution in [-0.2, 0) is 28.8 Å². The van der Waals surface area contributed by atoms with E-state index in [0.717, 1.165) is 29.4 Å². The molecule has 7 aromatic carbocycles.